The van der Waals surface area contributed by atoms with E-state index in [1.54, 1.807) is 0 Å². The average Bonchev–Trinajstić information content (AvgIpc) is 2.65. The first-order valence-electron chi connectivity index (χ1n) is 5.41. The molecule has 82 valence electrons. The smallest absolute Gasteiger partial charge is 0.0826 e. The van der Waals surface area contributed by atoms with E-state index in [2.05, 4.69) is 12.2 Å². The molecule has 3 N–H and O–H groups in total. The molecule has 1 unspecified atom stereocenters. The van der Waals surface area contributed by atoms with Gasteiger partial charge in [-0.1, -0.05) is 0 Å². The van der Waals surface area contributed by atoms with Gasteiger partial charge < -0.3 is 15.8 Å². The maximum absolute atomic E-state index is 5.70. The van der Waals surface area contributed by atoms with Crippen molar-refractivity contribution in [1.29, 1.82) is 0 Å². The third-order valence-electron chi connectivity index (χ3n) is 2.88. The number of benzene rings is 1. The van der Waals surface area contributed by atoms with Crippen molar-refractivity contribution in [3.63, 3.8) is 0 Å². The molecule has 1 aromatic rings. The van der Waals surface area contributed by atoms with Crippen LogP contribution in [0.2, 0.25) is 0 Å². The largest absolute Gasteiger partial charge is 0.399 e. The predicted octanol–water partition coefficient (Wildman–Crippen LogP) is 2.25. The molecule has 1 fully saturated rings. The molecule has 0 aliphatic carbocycles. The first kappa shape index (κ1) is 10.3. The highest BCUT2D eigenvalue weighted by Gasteiger charge is 2.29. The van der Waals surface area contributed by atoms with Crippen molar-refractivity contribution in [2.24, 2.45) is 0 Å². The van der Waals surface area contributed by atoms with Crippen LogP contribution in [0, 0.1) is 0 Å². The fourth-order valence-corrected chi connectivity index (χ4v) is 1.87. The van der Waals surface area contributed by atoms with Crippen LogP contribution >= 0.6 is 0 Å². The van der Waals surface area contributed by atoms with Crippen LogP contribution in [0.15, 0.2) is 24.3 Å². The maximum atomic E-state index is 5.70. The Kier molecular flexibility index (Phi) is 2.82. The molecule has 15 heavy (non-hydrogen) atoms. The zero-order valence-corrected chi connectivity index (χ0v) is 9.12. The van der Waals surface area contributed by atoms with E-state index >= 15 is 0 Å². The van der Waals surface area contributed by atoms with E-state index < -0.39 is 0 Å². The number of nitrogens with two attached hydrogens (primary N) is 1. The highest BCUT2D eigenvalue weighted by molar-refractivity contribution is 5.51. The van der Waals surface area contributed by atoms with Gasteiger partial charge in [0.2, 0.25) is 0 Å². The number of hydrogen-bond acceptors (Lipinski definition) is 3. The van der Waals surface area contributed by atoms with Crippen LogP contribution in [-0.2, 0) is 4.74 Å². The first-order valence-corrected chi connectivity index (χ1v) is 5.41. The summed E-state index contributed by atoms with van der Waals surface area (Å²) in [5.41, 5.74) is 7.51. The molecule has 0 aromatic heterocycles. The van der Waals surface area contributed by atoms with Crippen molar-refractivity contribution in [3.8, 4) is 0 Å². The van der Waals surface area contributed by atoms with Crippen molar-refractivity contribution in [2.75, 3.05) is 24.2 Å². The minimum absolute atomic E-state index is 0.00138. The van der Waals surface area contributed by atoms with E-state index in [4.69, 9.17) is 10.5 Å². The molecule has 0 bridgehead atoms. The number of anilines is 2. The molecular weight excluding hydrogens is 188 g/mol. The minimum Gasteiger partial charge on any atom is -0.399 e. The van der Waals surface area contributed by atoms with Gasteiger partial charge in [0.25, 0.3) is 0 Å². The van der Waals surface area contributed by atoms with Gasteiger partial charge >= 0.3 is 0 Å². The van der Waals surface area contributed by atoms with E-state index in [9.17, 15) is 0 Å². The number of hydrogen-bond donors (Lipinski definition) is 2. The monoisotopic (exact) mass is 206 g/mol. The summed E-state index contributed by atoms with van der Waals surface area (Å²) in [6.45, 7) is 3.90. The zero-order chi connectivity index (χ0) is 10.7. The molecule has 0 spiro atoms. The van der Waals surface area contributed by atoms with Crippen molar-refractivity contribution in [3.05, 3.63) is 24.3 Å². The van der Waals surface area contributed by atoms with Gasteiger partial charge in [-0.2, -0.15) is 0 Å². The second kappa shape index (κ2) is 4.11. The molecule has 1 aliphatic heterocycles. The Morgan fingerprint density at radius 3 is 2.73 bits per heavy atom. The van der Waals surface area contributed by atoms with E-state index in [1.807, 2.05) is 24.3 Å². The van der Waals surface area contributed by atoms with E-state index in [-0.39, 0.29) is 5.60 Å². The van der Waals surface area contributed by atoms with Crippen LogP contribution in [-0.4, -0.2) is 18.8 Å². The third-order valence-corrected chi connectivity index (χ3v) is 2.88. The molecule has 1 aliphatic rings. The maximum Gasteiger partial charge on any atom is 0.0826 e. The van der Waals surface area contributed by atoms with Crippen LogP contribution in [0.3, 0.4) is 0 Å². The van der Waals surface area contributed by atoms with Gasteiger partial charge in [-0.3, -0.25) is 0 Å². The van der Waals surface area contributed by atoms with Crippen molar-refractivity contribution >= 4 is 11.4 Å². The van der Waals surface area contributed by atoms with Crippen LogP contribution in [0.4, 0.5) is 11.4 Å². The van der Waals surface area contributed by atoms with Crippen LogP contribution in [0.25, 0.3) is 0 Å². The molecule has 3 heteroatoms. The number of nitrogens with one attached hydrogen (secondary N) is 1. The molecule has 0 saturated carbocycles. The van der Waals surface area contributed by atoms with Crippen molar-refractivity contribution in [2.45, 2.75) is 25.4 Å². The lowest BCUT2D eigenvalue weighted by Crippen LogP contribution is -2.32. The first-order chi connectivity index (χ1) is 7.18. The van der Waals surface area contributed by atoms with Gasteiger partial charge in [-0.15, -0.1) is 0 Å². The summed E-state index contributed by atoms with van der Waals surface area (Å²) in [5.74, 6) is 0. The SMILES string of the molecule is CC1(CNc2ccc(N)cc2)CCCO1. The molecule has 2 rings (SSSR count). The lowest BCUT2D eigenvalue weighted by atomic mass is 10.0. The quantitative estimate of drug-likeness (QED) is 0.746. The highest BCUT2D eigenvalue weighted by atomic mass is 16.5. The van der Waals surface area contributed by atoms with Crippen LogP contribution in [0.1, 0.15) is 19.8 Å². The van der Waals surface area contributed by atoms with E-state index in [1.165, 1.54) is 6.42 Å². The standard InChI is InChI=1S/C12H18N2O/c1-12(7-2-8-15-12)9-14-11-5-3-10(13)4-6-11/h3-6,14H,2,7-9,13H2,1H3. The van der Waals surface area contributed by atoms with Gasteiger partial charge in [0.05, 0.1) is 5.60 Å². The van der Waals surface area contributed by atoms with Crippen molar-refractivity contribution < 1.29 is 4.74 Å². The summed E-state index contributed by atoms with van der Waals surface area (Å²) < 4.78 is 5.70. The fraction of sp³-hybridized carbons (Fsp3) is 0.500. The van der Waals surface area contributed by atoms with Gasteiger partial charge in [0.1, 0.15) is 0 Å². The van der Waals surface area contributed by atoms with Crippen molar-refractivity contribution in [1.82, 2.24) is 0 Å². The lowest BCUT2D eigenvalue weighted by Gasteiger charge is -2.24. The highest BCUT2D eigenvalue weighted by Crippen LogP contribution is 2.25. The Morgan fingerprint density at radius 1 is 1.40 bits per heavy atom. The van der Waals surface area contributed by atoms with E-state index in [0.717, 1.165) is 30.9 Å². The Labute approximate surface area is 90.6 Å². The number of nitrogen functional groups attached to an aromatic ring is 1. The van der Waals surface area contributed by atoms with Gasteiger partial charge in [0.15, 0.2) is 0 Å². The Bertz CT molecular complexity index is 315. The molecule has 1 aromatic carbocycles. The molecule has 1 heterocycles. The predicted molar refractivity (Wildman–Crippen MR) is 62.9 cm³/mol. The molecule has 1 saturated heterocycles. The molecular formula is C12H18N2O. The third kappa shape index (κ3) is 2.63. The molecule has 0 radical (unpaired) electrons. The van der Waals surface area contributed by atoms with Gasteiger partial charge in [-0.05, 0) is 44.0 Å². The van der Waals surface area contributed by atoms with Crippen LogP contribution < -0.4 is 11.1 Å². The topological polar surface area (TPSA) is 47.3 Å². The number of ether oxygens (including phenoxy) is 1. The summed E-state index contributed by atoms with van der Waals surface area (Å²) in [4.78, 5) is 0. The van der Waals surface area contributed by atoms with Gasteiger partial charge in [0, 0.05) is 24.5 Å². The Morgan fingerprint density at radius 2 is 2.13 bits per heavy atom. The fourth-order valence-electron chi connectivity index (χ4n) is 1.87. The van der Waals surface area contributed by atoms with Gasteiger partial charge in [-0.25, -0.2) is 0 Å². The lowest BCUT2D eigenvalue weighted by molar-refractivity contribution is 0.0315. The minimum atomic E-state index is 0.00138. The Balaban J connectivity index is 1.90. The second-order valence-corrected chi connectivity index (χ2v) is 4.38. The Hall–Kier alpha value is -1.22. The molecule has 0 amide bonds. The zero-order valence-electron chi connectivity index (χ0n) is 9.12. The second-order valence-electron chi connectivity index (χ2n) is 4.38. The molecule has 3 nitrogen and oxygen atoms in total. The summed E-state index contributed by atoms with van der Waals surface area (Å²) in [7, 11) is 0. The molecule has 1 atom stereocenters. The summed E-state index contributed by atoms with van der Waals surface area (Å²) in [6, 6.07) is 7.79. The summed E-state index contributed by atoms with van der Waals surface area (Å²) >= 11 is 0. The summed E-state index contributed by atoms with van der Waals surface area (Å²) in [6.07, 6.45) is 2.30. The van der Waals surface area contributed by atoms with Crippen LogP contribution in [0.5, 0.6) is 0 Å². The van der Waals surface area contributed by atoms with E-state index in [0.29, 0.717) is 0 Å². The normalized spacial score (nSPS) is 25.4. The summed E-state index contributed by atoms with van der Waals surface area (Å²) in [5, 5.41) is 3.37. The number of rotatable bonds is 3. The average molecular weight is 206 g/mol.